The Morgan fingerprint density at radius 2 is 1.65 bits per heavy atom. The Hall–Kier alpha value is -2.33. The van der Waals surface area contributed by atoms with E-state index in [4.69, 9.17) is 4.74 Å². The molecule has 6 heteroatoms. The van der Waals surface area contributed by atoms with Crippen molar-refractivity contribution in [3.63, 3.8) is 0 Å². The monoisotopic (exact) mass is 429 g/mol. The summed E-state index contributed by atoms with van der Waals surface area (Å²) in [6, 6.07) is 20.2. The van der Waals surface area contributed by atoms with E-state index < -0.39 is 10.0 Å². The number of benzene rings is 3. The van der Waals surface area contributed by atoms with Gasteiger partial charge < -0.3 is 4.74 Å². The minimum Gasteiger partial charge on any atom is -0.480 e. The first-order chi connectivity index (χ1) is 12.6. The predicted molar refractivity (Wildman–Crippen MR) is 107 cm³/mol. The van der Waals surface area contributed by atoms with Crippen molar-refractivity contribution in [3.05, 3.63) is 71.2 Å². The third-order valence-corrected chi connectivity index (χ3v) is 5.59. The summed E-state index contributed by atoms with van der Waals surface area (Å²) in [5, 5.41) is 2.12. The molecule has 3 aromatic carbocycles. The molecule has 0 radical (unpaired) electrons. The summed E-state index contributed by atoms with van der Waals surface area (Å²) in [5.74, 6) is 6.35. The van der Waals surface area contributed by atoms with E-state index in [1.807, 2.05) is 42.5 Å². The van der Waals surface area contributed by atoms with Crippen molar-refractivity contribution < 1.29 is 13.2 Å². The van der Waals surface area contributed by atoms with Crippen LogP contribution in [0.2, 0.25) is 0 Å². The van der Waals surface area contributed by atoms with Crippen LogP contribution in [0.5, 0.6) is 5.75 Å². The Morgan fingerprint density at radius 1 is 0.923 bits per heavy atom. The first kappa shape index (κ1) is 18.5. The number of hydrogen-bond acceptors (Lipinski definition) is 3. The van der Waals surface area contributed by atoms with Gasteiger partial charge in [0.25, 0.3) is 0 Å². The van der Waals surface area contributed by atoms with Gasteiger partial charge in [-0.3, -0.25) is 0 Å². The van der Waals surface area contributed by atoms with Gasteiger partial charge in [-0.2, -0.15) is 4.72 Å². The minimum absolute atomic E-state index is 0.0251. The molecule has 0 heterocycles. The summed E-state index contributed by atoms with van der Waals surface area (Å²) in [5.41, 5.74) is 0. The van der Waals surface area contributed by atoms with E-state index in [2.05, 4.69) is 32.5 Å². The molecule has 3 aromatic rings. The highest BCUT2D eigenvalue weighted by molar-refractivity contribution is 9.10. The number of nitrogens with one attached hydrogen (secondary N) is 1. The lowest BCUT2D eigenvalue weighted by molar-refractivity contribution is 0.374. The van der Waals surface area contributed by atoms with Gasteiger partial charge in [0.05, 0.1) is 11.4 Å². The molecule has 0 bridgehead atoms. The highest BCUT2D eigenvalue weighted by Crippen LogP contribution is 2.24. The molecular weight excluding hydrogens is 414 g/mol. The van der Waals surface area contributed by atoms with Crippen LogP contribution in [0.15, 0.2) is 76.1 Å². The third-order valence-electron chi connectivity index (χ3n) is 3.65. The summed E-state index contributed by atoms with van der Waals surface area (Å²) >= 11 is 3.28. The molecule has 132 valence electrons. The highest BCUT2D eigenvalue weighted by atomic mass is 79.9. The summed E-state index contributed by atoms with van der Waals surface area (Å²) in [6.45, 7) is 0.214. The fraction of sp³-hybridized carbons (Fsp3) is 0.100. The molecule has 1 N–H and O–H groups in total. The highest BCUT2D eigenvalue weighted by Gasteiger charge is 2.11. The molecule has 0 unspecified atom stereocenters. The molecule has 0 amide bonds. The van der Waals surface area contributed by atoms with E-state index >= 15 is 0 Å². The van der Waals surface area contributed by atoms with Gasteiger partial charge in [-0.1, -0.05) is 64.2 Å². The maximum Gasteiger partial charge on any atom is 0.241 e. The van der Waals surface area contributed by atoms with E-state index in [0.29, 0.717) is 0 Å². The fourth-order valence-corrected chi connectivity index (χ4v) is 3.56. The number of rotatable bonds is 5. The molecular formula is C20H16BrNO3S. The van der Waals surface area contributed by atoms with E-state index in [0.717, 1.165) is 21.0 Å². The largest absolute Gasteiger partial charge is 0.480 e. The quantitative estimate of drug-likeness (QED) is 0.624. The Labute approximate surface area is 161 Å². The van der Waals surface area contributed by atoms with Crippen molar-refractivity contribution in [1.82, 2.24) is 4.72 Å². The van der Waals surface area contributed by atoms with Crippen molar-refractivity contribution in [3.8, 4) is 17.6 Å². The number of sulfonamides is 1. The van der Waals surface area contributed by atoms with Crippen molar-refractivity contribution in [2.45, 2.75) is 4.90 Å². The Balaban J connectivity index is 1.55. The second kappa shape index (κ2) is 8.37. The molecule has 4 nitrogen and oxygen atoms in total. The van der Waals surface area contributed by atoms with E-state index in [1.165, 1.54) is 12.1 Å². The second-order valence-electron chi connectivity index (χ2n) is 5.40. The molecule has 0 spiro atoms. The van der Waals surface area contributed by atoms with Gasteiger partial charge in [-0.25, -0.2) is 8.42 Å². The number of hydrogen-bond donors (Lipinski definition) is 1. The molecule has 0 atom stereocenters. The van der Waals surface area contributed by atoms with Crippen molar-refractivity contribution in [2.24, 2.45) is 0 Å². The zero-order valence-electron chi connectivity index (χ0n) is 13.8. The molecule has 0 aliphatic heterocycles. The first-order valence-electron chi connectivity index (χ1n) is 7.88. The first-order valence-corrected chi connectivity index (χ1v) is 10.2. The van der Waals surface area contributed by atoms with Gasteiger partial charge in [0.2, 0.25) is 10.0 Å². The lowest BCUT2D eigenvalue weighted by Crippen LogP contribution is -2.24. The SMILES string of the molecule is O=S(=O)(NCC#CCOc1cccc2ccccc12)c1ccc(Br)cc1. The average Bonchev–Trinajstić information content (AvgIpc) is 2.65. The predicted octanol–water partition coefficient (Wildman–Crippen LogP) is 3.96. The molecule has 0 saturated carbocycles. The van der Waals surface area contributed by atoms with Crippen LogP contribution in [0.25, 0.3) is 10.8 Å². The van der Waals surface area contributed by atoms with Crippen molar-refractivity contribution in [2.75, 3.05) is 13.2 Å². The lowest BCUT2D eigenvalue weighted by Gasteiger charge is -2.06. The van der Waals surface area contributed by atoms with E-state index in [-0.39, 0.29) is 18.0 Å². The summed E-state index contributed by atoms with van der Waals surface area (Å²) < 4.78 is 33.2. The smallest absolute Gasteiger partial charge is 0.241 e. The zero-order chi connectivity index (χ0) is 18.4. The van der Waals surface area contributed by atoms with E-state index in [9.17, 15) is 8.42 Å². The molecule has 0 fully saturated rings. The Kier molecular flexibility index (Phi) is 5.94. The lowest BCUT2D eigenvalue weighted by atomic mass is 10.1. The van der Waals surface area contributed by atoms with Gasteiger partial charge in [-0.15, -0.1) is 0 Å². The standard InChI is InChI=1S/C20H16BrNO3S/c21-17-10-12-18(13-11-17)26(23,24)22-14-3-4-15-25-20-9-5-7-16-6-1-2-8-19(16)20/h1-2,5-13,22H,14-15H2. The fourth-order valence-electron chi connectivity index (χ4n) is 2.38. The maximum atomic E-state index is 12.1. The molecule has 0 aliphatic carbocycles. The molecule has 3 rings (SSSR count). The van der Waals surface area contributed by atoms with Gasteiger partial charge >= 0.3 is 0 Å². The number of halogens is 1. The van der Waals surface area contributed by atoms with Crippen LogP contribution >= 0.6 is 15.9 Å². The van der Waals surface area contributed by atoms with Gasteiger partial charge in [0.15, 0.2) is 0 Å². The summed E-state index contributed by atoms with van der Waals surface area (Å²) in [7, 11) is -3.56. The topological polar surface area (TPSA) is 55.4 Å². The second-order valence-corrected chi connectivity index (χ2v) is 8.08. The van der Waals surface area contributed by atoms with Crippen LogP contribution in [0.4, 0.5) is 0 Å². The van der Waals surface area contributed by atoms with E-state index in [1.54, 1.807) is 12.1 Å². The summed E-state index contributed by atoms with van der Waals surface area (Å²) in [6.07, 6.45) is 0. The van der Waals surface area contributed by atoms with Crippen LogP contribution in [0, 0.1) is 11.8 Å². The van der Waals surface area contributed by atoms with Gasteiger partial charge in [0.1, 0.15) is 12.4 Å². The molecule has 0 aromatic heterocycles. The van der Waals surface area contributed by atoms with Gasteiger partial charge in [0, 0.05) is 9.86 Å². The van der Waals surface area contributed by atoms with Crippen LogP contribution in [0.1, 0.15) is 0 Å². The van der Waals surface area contributed by atoms with Crippen LogP contribution in [0.3, 0.4) is 0 Å². The molecule has 0 saturated heterocycles. The minimum atomic E-state index is -3.56. The molecule has 0 aliphatic rings. The molecule has 26 heavy (non-hydrogen) atoms. The summed E-state index contributed by atoms with van der Waals surface area (Å²) in [4.78, 5) is 0.203. The Morgan fingerprint density at radius 3 is 2.46 bits per heavy atom. The number of ether oxygens (including phenoxy) is 1. The van der Waals surface area contributed by atoms with Crippen molar-refractivity contribution >= 4 is 36.7 Å². The Bertz CT molecular complexity index is 1060. The maximum absolute atomic E-state index is 12.1. The van der Waals surface area contributed by atoms with Crippen molar-refractivity contribution in [1.29, 1.82) is 0 Å². The van der Waals surface area contributed by atoms with Crippen LogP contribution in [-0.2, 0) is 10.0 Å². The zero-order valence-corrected chi connectivity index (χ0v) is 16.2. The number of fused-ring (bicyclic) bond motifs is 1. The van der Waals surface area contributed by atoms with Crippen LogP contribution < -0.4 is 9.46 Å². The normalized spacial score (nSPS) is 11.0. The van der Waals surface area contributed by atoms with Gasteiger partial charge in [-0.05, 0) is 35.7 Å². The average molecular weight is 430 g/mol. The third kappa shape index (κ3) is 4.64. The van der Waals surface area contributed by atoms with Crippen LogP contribution in [-0.4, -0.2) is 21.6 Å².